The van der Waals surface area contributed by atoms with Crippen LogP contribution >= 0.6 is 11.6 Å². The molecule has 0 aliphatic carbocycles. The van der Waals surface area contributed by atoms with Crippen LogP contribution in [0.25, 0.3) is 16.9 Å². The molecule has 0 saturated heterocycles. The van der Waals surface area contributed by atoms with Crippen LogP contribution in [0.2, 0.25) is 5.02 Å². The van der Waals surface area contributed by atoms with Crippen LogP contribution in [0.1, 0.15) is 5.56 Å². The lowest BCUT2D eigenvalue weighted by Crippen LogP contribution is -2.29. The Morgan fingerprint density at radius 1 is 0.973 bits per heavy atom. The molecule has 2 heterocycles. The van der Waals surface area contributed by atoms with Crippen LogP contribution in [0.4, 0.5) is 40.0 Å². The number of benzene rings is 2. The Bertz CT molecular complexity index is 1470. The van der Waals surface area contributed by atoms with Gasteiger partial charge in [0.25, 0.3) is 0 Å². The first-order valence-electron chi connectivity index (χ1n) is 10.5. The molecule has 37 heavy (non-hydrogen) atoms. The maximum Gasteiger partial charge on any atom is 0.417 e. The largest absolute Gasteiger partial charge is 0.417 e. The number of carbonyl (C=O) groups is 2. The predicted molar refractivity (Wildman–Crippen MR) is 133 cm³/mol. The maximum atomic E-state index is 13.0. The number of fused-ring (bicyclic) bond motifs is 1. The molecule has 190 valence electrons. The quantitative estimate of drug-likeness (QED) is 0.247. The number of halogens is 4. The fourth-order valence-corrected chi connectivity index (χ4v) is 3.48. The van der Waals surface area contributed by atoms with Gasteiger partial charge in [-0.15, -0.1) is 6.58 Å². The minimum Gasteiger partial charge on any atom is -0.334 e. The third-order valence-corrected chi connectivity index (χ3v) is 5.23. The summed E-state index contributed by atoms with van der Waals surface area (Å²) in [4.78, 5) is 36.8. The van der Waals surface area contributed by atoms with E-state index in [9.17, 15) is 22.8 Å². The highest BCUT2D eigenvalue weighted by Gasteiger charge is 2.33. The van der Waals surface area contributed by atoms with E-state index in [4.69, 9.17) is 11.6 Å². The summed E-state index contributed by atoms with van der Waals surface area (Å²) in [5.74, 6) is 0.219. The minimum atomic E-state index is -4.65. The number of carbonyl (C=O) groups excluding carboxylic acids is 2. The predicted octanol–water partition coefficient (Wildman–Crippen LogP) is 5.44. The standard InChI is InChI=1S/C23H18ClF3N8O2/c1-2-9-28-21(36)34-19-18-20(30-11-29-19)35(12-31-18)15-6-3-13(4-7-15)32-22(37)33-14-5-8-17(24)16(10-14)23(25,26)27/h2-8,10-12H,1,9H2,(H2,32,33,37)(H2,28,29,30,34,36). The van der Waals surface area contributed by atoms with Crippen molar-refractivity contribution in [3.8, 4) is 5.69 Å². The topological polar surface area (TPSA) is 126 Å². The minimum absolute atomic E-state index is 0.0713. The van der Waals surface area contributed by atoms with Crippen LogP contribution in [-0.2, 0) is 6.18 Å². The molecule has 0 aliphatic rings. The second-order valence-corrected chi connectivity index (χ2v) is 7.86. The zero-order valence-electron chi connectivity index (χ0n) is 18.8. The Hall–Kier alpha value is -4.65. The molecule has 4 N–H and O–H groups in total. The van der Waals surface area contributed by atoms with Gasteiger partial charge in [-0.3, -0.25) is 9.88 Å². The fraction of sp³-hybridized carbons (Fsp3) is 0.0870. The molecule has 0 atom stereocenters. The summed E-state index contributed by atoms with van der Waals surface area (Å²) in [6.45, 7) is 3.81. The summed E-state index contributed by atoms with van der Waals surface area (Å²) >= 11 is 5.60. The lowest BCUT2D eigenvalue weighted by Gasteiger charge is -2.12. The first-order chi connectivity index (χ1) is 17.7. The van der Waals surface area contributed by atoms with Crippen molar-refractivity contribution >= 4 is 52.0 Å². The first kappa shape index (κ1) is 25.4. The number of imidazole rings is 1. The number of urea groups is 2. The van der Waals surface area contributed by atoms with E-state index < -0.39 is 28.8 Å². The molecule has 0 aliphatic heterocycles. The Balaban J connectivity index is 1.46. The molecule has 4 rings (SSSR count). The third-order valence-electron chi connectivity index (χ3n) is 4.91. The summed E-state index contributed by atoms with van der Waals surface area (Å²) < 4.78 is 40.8. The number of nitrogens with zero attached hydrogens (tertiary/aromatic N) is 4. The zero-order chi connectivity index (χ0) is 26.6. The number of anilines is 3. The van der Waals surface area contributed by atoms with Crippen LogP contribution in [-0.4, -0.2) is 38.1 Å². The number of hydrogen-bond acceptors (Lipinski definition) is 5. The SMILES string of the molecule is C=CCNC(=O)Nc1ncnc2c1ncn2-c1ccc(NC(=O)Nc2ccc(Cl)c(C(F)(F)F)c2)cc1. The molecular weight excluding hydrogens is 513 g/mol. The van der Waals surface area contributed by atoms with Gasteiger partial charge < -0.3 is 16.0 Å². The molecular formula is C23H18ClF3N8O2. The van der Waals surface area contributed by atoms with Gasteiger partial charge in [-0.1, -0.05) is 17.7 Å². The second kappa shape index (κ2) is 10.5. The van der Waals surface area contributed by atoms with E-state index in [0.29, 0.717) is 22.5 Å². The fourth-order valence-electron chi connectivity index (χ4n) is 3.25. The van der Waals surface area contributed by atoms with Gasteiger partial charge in [0.05, 0.1) is 10.6 Å². The Morgan fingerprint density at radius 3 is 2.38 bits per heavy atom. The molecule has 4 aromatic rings. The molecule has 10 nitrogen and oxygen atoms in total. The molecule has 14 heteroatoms. The Morgan fingerprint density at radius 2 is 1.68 bits per heavy atom. The second-order valence-electron chi connectivity index (χ2n) is 7.45. The van der Waals surface area contributed by atoms with Crippen LogP contribution in [0.5, 0.6) is 0 Å². The molecule has 0 fully saturated rings. The number of amides is 4. The molecule has 0 unspecified atom stereocenters. The van der Waals surface area contributed by atoms with Crippen molar-refractivity contribution < 1.29 is 22.8 Å². The van der Waals surface area contributed by atoms with E-state index in [1.807, 2.05) is 0 Å². The van der Waals surface area contributed by atoms with Crippen molar-refractivity contribution in [1.82, 2.24) is 24.8 Å². The highest BCUT2D eigenvalue weighted by molar-refractivity contribution is 6.31. The van der Waals surface area contributed by atoms with Crippen molar-refractivity contribution in [2.75, 3.05) is 22.5 Å². The zero-order valence-corrected chi connectivity index (χ0v) is 19.6. The molecule has 2 aromatic carbocycles. The van der Waals surface area contributed by atoms with Gasteiger partial charge in [-0.25, -0.2) is 24.5 Å². The van der Waals surface area contributed by atoms with Gasteiger partial charge in [0.1, 0.15) is 12.7 Å². The smallest absolute Gasteiger partial charge is 0.334 e. The van der Waals surface area contributed by atoms with E-state index in [2.05, 4.69) is 42.8 Å². The van der Waals surface area contributed by atoms with Crippen molar-refractivity contribution in [2.24, 2.45) is 0 Å². The van der Waals surface area contributed by atoms with Crippen LogP contribution in [0, 0.1) is 0 Å². The number of rotatable bonds is 6. The average molecular weight is 531 g/mol. The van der Waals surface area contributed by atoms with E-state index in [-0.39, 0.29) is 18.1 Å². The maximum absolute atomic E-state index is 13.0. The molecule has 0 saturated carbocycles. The summed E-state index contributed by atoms with van der Waals surface area (Å²) in [6.07, 6.45) is -0.337. The number of nitrogens with one attached hydrogen (secondary N) is 4. The van der Waals surface area contributed by atoms with E-state index in [1.54, 1.807) is 28.8 Å². The molecule has 0 radical (unpaired) electrons. The Labute approximate surface area is 212 Å². The lowest BCUT2D eigenvalue weighted by atomic mass is 10.2. The number of alkyl halides is 3. The highest BCUT2D eigenvalue weighted by atomic mass is 35.5. The first-order valence-corrected chi connectivity index (χ1v) is 10.9. The Kier molecular flexibility index (Phi) is 7.25. The van der Waals surface area contributed by atoms with Crippen molar-refractivity contribution in [2.45, 2.75) is 6.18 Å². The number of aromatic nitrogens is 4. The monoisotopic (exact) mass is 530 g/mol. The molecule has 2 aromatic heterocycles. The number of hydrogen-bond donors (Lipinski definition) is 4. The van der Waals surface area contributed by atoms with Crippen LogP contribution in [0.3, 0.4) is 0 Å². The van der Waals surface area contributed by atoms with Crippen LogP contribution in [0.15, 0.2) is 67.8 Å². The van der Waals surface area contributed by atoms with Gasteiger partial charge in [-0.2, -0.15) is 13.2 Å². The normalized spacial score (nSPS) is 11.1. The van der Waals surface area contributed by atoms with Gasteiger partial charge in [0.2, 0.25) is 0 Å². The van der Waals surface area contributed by atoms with Gasteiger partial charge in [-0.05, 0) is 42.5 Å². The van der Waals surface area contributed by atoms with Gasteiger partial charge in [0, 0.05) is 23.6 Å². The van der Waals surface area contributed by atoms with E-state index in [0.717, 1.165) is 12.1 Å². The van der Waals surface area contributed by atoms with Crippen LogP contribution < -0.4 is 21.3 Å². The van der Waals surface area contributed by atoms with Crippen molar-refractivity contribution in [3.05, 3.63) is 78.4 Å². The highest BCUT2D eigenvalue weighted by Crippen LogP contribution is 2.36. The van der Waals surface area contributed by atoms with Gasteiger partial charge in [0.15, 0.2) is 17.0 Å². The summed E-state index contributed by atoms with van der Waals surface area (Å²) in [5.41, 5.74) is 0.685. The van der Waals surface area contributed by atoms with Crippen molar-refractivity contribution in [1.29, 1.82) is 0 Å². The van der Waals surface area contributed by atoms with Gasteiger partial charge >= 0.3 is 18.2 Å². The van der Waals surface area contributed by atoms with E-state index in [1.165, 1.54) is 24.8 Å². The molecule has 0 bridgehead atoms. The summed E-state index contributed by atoms with van der Waals surface area (Å²) in [5, 5.41) is 9.60. The average Bonchev–Trinajstić information content (AvgIpc) is 3.29. The van der Waals surface area contributed by atoms with E-state index >= 15 is 0 Å². The molecule has 4 amide bonds. The molecule has 0 spiro atoms. The van der Waals surface area contributed by atoms with Crippen molar-refractivity contribution in [3.63, 3.8) is 0 Å². The summed E-state index contributed by atoms with van der Waals surface area (Å²) in [6, 6.07) is 8.38. The third kappa shape index (κ3) is 5.95. The lowest BCUT2D eigenvalue weighted by molar-refractivity contribution is -0.137. The summed E-state index contributed by atoms with van der Waals surface area (Å²) in [7, 11) is 0.